The number of rotatable bonds is 3. The van der Waals surface area contributed by atoms with Crippen molar-refractivity contribution in [2.75, 3.05) is 35.2 Å². The van der Waals surface area contributed by atoms with E-state index in [1.54, 1.807) is 0 Å². The molecule has 28 heavy (non-hydrogen) atoms. The lowest BCUT2D eigenvalue weighted by molar-refractivity contribution is 0.326. The van der Waals surface area contributed by atoms with Crippen LogP contribution in [0.5, 0.6) is 5.88 Å². The van der Waals surface area contributed by atoms with Gasteiger partial charge in [0.25, 0.3) is 0 Å². The highest BCUT2D eigenvalue weighted by atomic mass is 16.5. The monoisotopic (exact) mass is 378 g/mol. The van der Waals surface area contributed by atoms with E-state index >= 15 is 0 Å². The molecule has 7 nitrogen and oxygen atoms in total. The number of nitriles is 1. The SMILES string of the molecule is CCOc1cc2c(C#N)c(N3CCCC3)nc3c2c(n1)NC1(CCCCC1)N3. The van der Waals surface area contributed by atoms with E-state index in [4.69, 9.17) is 14.7 Å². The highest BCUT2D eigenvalue weighted by Crippen LogP contribution is 2.45. The van der Waals surface area contributed by atoms with Crippen molar-refractivity contribution in [3.05, 3.63) is 11.6 Å². The van der Waals surface area contributed by atoms with Gasteiger partial charge in [-0.3, -0.25) is 0 Å². The Morgan fingerprint density at radius 3 is 2.50 bits per heavy atom. The van der Waals surface area contributed by atoms with Crippen LogP contribution in [0.25, 0.3) is 10.8 Å². The Morgan fingerprint density at radius 2 is 1.82 bits per heavy atom. The van der Waals surface area contributed by atoms with Crippen molar-refractivity contribution in [1.29, 1.82) is 5.26 Å². The largest absolute Gasteiger partial charge is 0.478 e. The maximum atomic E-state index is 9.99. The van der Waals surface area contributed by atoms with Crippen LogP contribution < -0.4 is 20.3 Å². The van der Waals surface area contributed by atoms with Crippen molar-refractivity contribution in [2.24, 2.45) is 0 Å². The van der Waals surface area contributed by atoms with Crippen LogP contribution in [-0.2, 0) is 0 Å². The predicted molar refractivity (Wildman–Crippen MR) is 110 cm³/mol. The minimum atomic E-state index is -0.209. The van der Waals surface area contributed by atoms with Crippen molar-refractivity contribution in [3.8, 4) is 11.9 Å². The van der Waals surface area contributed by atoms with Gasteiger partial charge in [0.2, 0.25) is 5.88 Å². The summed E-state index contributed by atoms with van der Waals surface area (Å²) in [6.45, 7) is 4.40. The summed E-state index contributed by atoms with van der Waals surface area (Å²) in [6, 6.07) is 4.31. The molecule has 1 spiro atoms. The van der Waals surface area contributed by atoms with Gasteiger partial charge in [-0.1, -0.05) is 6.42 Å². The van der Waals surface area contributed by atoms with Gasteiger partial charge in [-0.05, 0) is 45.4 Å². The molecule has 1 saturated heterocycles. The lowest BCUT2D eigenvalue weighted by Crippen LogP contribution is -2.50. The Hall–Kier alpha value is -2.75. The van der Waals surface area contributed by atoms with Gasteiger partial charge in [0.05, 0.1) is 12.0 Å². The number of anilines is 3. The number of aromatic nitrogens is 2. The van der Waals surface area contributed by atoms with E-state index in [1.165, 1.54) is 19.3 Å². The maximum Gasteiger partial charge on any atom is 0.215 e. The summed E-state index contributed by atoms with van der Waals surface area (Å²) >= 11 is 0. The van der Waals surface area contributed by atoms with E-state index in [1.807, 2.05) is 13.0 Å². The lowest BCUT2D eigenvalue weighted by Gasteiger charge is -2.43. The molecule has 2 aromatic rings. The molecule has 0 unspecified atom stereocenters. The Kier molecular flexibility index (Phi) is 4.15. The van der Waals surface area contributed by atoms with Crippen LogP contribution in [0.15, 0.2) is 6.07 Å². The van der Waals surface area contributed by atoms with Crippen LogP contribution in [0, 0.1) is 11.3 Å². The van der Waals surface area contributed by atoms with E-state index < -0.39 is 0 Å². The molecule has 0 bridgehead atoms. The molecule has 0 aromatic carbocycles. The number of ether oxygens (including phenoxy) is 1. The zero-order valence-corrected chi connectivity index (χ0v) is 16.3. The van der Waals surface area contributed by atoms with Gasteiger partial charge in [0.15, 0.2) is 0 Å². The first-order valence-electron chi connectivity index (χ1n) is 10.5. The summed E-state index contributed by atoms with van der Waals surface area (Å²) in [5, 5.41) is 19.1. The molecule has 1 saturated carbocycles. The standard InChI is InChI=1S/C21H26N6O/c1-2-28-16-12-14-15(13-22)20(27-10-6-7-11-27)24-19-17(14)18(23-16)25-21(26-19)8-4-3-5-9-21/h12H,2-11H2,1H3,(H,23,25)(H,24,26). The average Bonchev–Trinajstić information content (AvgIpc) is 3.23. The second-order valence-electron chi connectivity index (χ2n) is 8.02. The van der Waals surface area contributed by atoms with Crippen molar-refractivity contribution < 1.29 is 4.74 Å². The van der Waals surface area contributed by atoms with Gasteiger partial charge in [0, 0.05) is 24.5 Å². The molecule has 2 aliphatic heterocycles. The first-order valence-corrected chi connectivity index (χ1v) is 10.5. The Bertz CT molecular complexity index is 954. The van der Waals surface area contributed by atoms with Gasteiger partial charge < -0.3 is 20.3 Å². The average molecular weight is 378 g/mol. The third kappa shape index (κ3) is 2.70. The van der Waals surface area contributed by atoms with Crippen molar-refractivity contribution >= 4 is 28.2 Å². The van der Waals surface area contributed by atoms with Gasteiger partial charge in [-0.2, -0.15) is 10.2 Å². The van der Waals surface area contributed by atoms with Crippen molar-refractivity contribution in [3.63, 3.8) is 0 Å². The number of nitrogens with zero attached hydrogens (tertiary/aromatic N) is 4. The third-order valence-corrected chi connectivity index (χ3v) is 6.18. The van der Waals surface area contributed by atoms with Gasteiger partial charge in [0.1, 0.15) is 34.7 Å². The topological polar surface area (TPSA) is 86.1 Å². The summed E-state index contributed by atoms with van der Waals surface area (Å²) < 4.78 is 5.75. The first kappa shape index (κ1) is 17.4. The normalized spacial score (nSPS) is 19.9. The predicted octanol–water partition coefficient (Wildman–Crippen LogP) is 4.00. The van der Waals surface area contributed by atoms with Crippen LogP contribution in [-0.4, -0.2) is 35.3 Å². The van der Waals surface area contributed by atoms with Gasteiger partial charge in [-0.25, -0.2) is 4.98 Å². The molecule has 0 amide bonds. The van der Waals surface area contributed by atoms with E-state index in [0.717, 1.165) is 67.0 Å². The summed E-state index contributed by atoms with van der Waals surface area (Å²) in [5.41, 5.74) is 0.410. The fourth-order valence-electron chi connectivity index (χ4n) is 4.86. The molecule has 4 heterocycles. The fraction of sp³-hybridized carbons (Fsp3) is 0.571. The third-order valence-electron chi connectivity index (χ3n) is 6.18. The summed E-state index contributed by atoms with van der Waals surface area (Å²) in [4.78, 5) is 12.0. The Balaban J connectivity index is 1.74. The molecule has 1 aliphatic carbocycles. The quantitative estimate of drug-likeness (QED) is 0.835. The van der Waals surface area contributed by atoms with Crippen LogP contribution >= 0.6 is 0 Å². The molecule has 3 aliphatic rings. The van der Waals surface area contributed by atoms with Crippen LogP contribution in [0.1, 0.15) is 57.4 Å². The molecule has 2 fully saturated rings. The summed E-state index contributed by atoms with van der Waals surface area (Å²) in [5.74, 6) is 2.99. The highest BCUT2D eigenvalue weighted by molar-refractivity contribution is 6.07. The van der Waals surface area contributed by atoms with Crippen LogP contribution in [0.2, 0.25) is 0 Å². The number of hydrogen-bond acceptors (Lipinski definition) is 7. The number of nitrogens with one attached hydrogen (secondary N) is 2. The maximum absolute atomic E-state index is 9.99. The first-order chi connectivity index (χ1) is 13.7. The second-order valence-corrected chi connectivity index (χ2v) is 8.02. The smallest absolute Gasteiger partial charge is 0.215 e. The van der Waals surface area contributed by atoms with E-state index in [9.17, 15) is 5.26 Å². The fourth-order valence-corrected chi connectivity index (χ4v) is 4.86. The zero-order valence-electron chi connectivity index (χ0n) is 16.3. The van der Waals surface area contributed by atoms with Gasteiger partial charge >= 0.3 is 0 Å². The van der Waals surface area contributed by atoms with Crippen molar-refractivity contribution in [2.45, 2.75) is 57.5 Å². The number of hydrogen-bond donors (Lipinski definition) is 2. The summed E-state index contributed by atoms with van der Waals surface area (Å²) in [6.07, 6.45) is 7.98. The molecule has 2 aromatic heterocycles. The minimum Gasteiger partial charge on any atom is -0.478 e. The minimum absolute atomic E-state index is 0.209. The molecule has 0 atom stereocenters. The molecule has 2 N–H and O–H groups in total. The van der Waals surface area contributed by atoms with Crippen molar-refractivity contribution in [1.82, 2.24) is 9.97 Å². The number of pyridine rings is 2. The van der Waals surface area contributed by atoms with E-state index in [2.05, 4.69) is 21.6 Å². The molecular weight excluding hydrogens is 352 g/mol. The molecule has 146 valence electrons. The molecule has 0 radical (unpaired) electrons. The van der Waals surface area contributed by atoms with Crippen LogP contribution in [0.4, 0.5) is 17.5 Å². The van der Waals surface area contributed by atoms with E-state index in [0.29, 0.717) is 18.1 Å². The lowest BCUT2D eigenvalue weighted by atomic mass is 9.87. The Morgan fingerprint density at radius 1 is 1.11 bits per heavy atom. The van der Waals surface area contributed by atoms with Gasteiger partial charge in [-0.15, -0.1) is 0 Å². The molecule has 5 rings (SSSR count). The zero-order chi connectivity index (χ0) is 19.1. The van der Waals surface area contributed by atoms with Crippen LogP contribution in [0.3, 0.4) is 0 Å². The second kappa shape index (κ2) is 6.69. The molecular formula is C21H26N6O. The Labute approximate surface area is 165 Å². The summed E-state index contributed by atoms with van der Waals surface area (Å²) in [7, 11) is 0. The van der Waals surface area contributed by atoms with E-state index in [-0.39, 0.29) is 5.66 Å². The highest BCUT2D eigenvalue weighted by Gasteiger charge is 2.38. The molecule has 7 heteroatoms.